The van der Waals surface area contributed by atoms with Gasteiger partial charge in [0.15, 0.2) is 0 Å². The number of hydrogen-bond donors (Lipinski definition) is 0. The zero-order valence-electron chi connectivity index (χ0n) is 5.70. The first-order chi connectivity index (χ1) is 4.74. The van der Waals surface area contributed by atoms with E-state index in [0.717, 1.165) is 15.8 Å². The predicted molar refractivity (Wildman–Crippen MR) is 51.4 cm³/mol. The molecular formula is C7H7BBrCl. The van der Waals surface area contributed by atoms with Gasteiger partial charge in [0.2, 0.25) is 0 Å². The van der Waals surface area contributed by atoms with Crippen LogP contribution in [0.15, 0.2) is 22.7 Å². The van der Waals surface area contributed by atoms with E-state index in [0.29, 0.717) is 0 Å². The minimum absolute atomic E-state index is 0.775. The van der Waals surface area contributed by atoms with Crippen molar-refractivity contribution in [3.63, 3.8) is 0 Å². The van der Waals surface area contributed by atoms with Crippen LogP contribution in [0.1, 0.15) is 5.56 Å². The first kappa shape index (κ1) is 8.15. The molecule has 0 unspecified atom stereocenters. The smallest absolute Gasteiger partial charge is 0.0831 e. The highest BCUT2D eigenvalue weighted by atomic mass is 79.9. The maximum atomic E-state index is 5.79. The lowest BCUT2D eigenvalue weighted by Gasteiger charge is -1.98. The normalized spacial score (nSPS) is 9.80. The summed E-state index contributed by atoms with van der Waals surface area (Å²) < 4.78 is 0.980. The monoisotopic (exact) mass is 216 g/mol. The summed E-state index contributed by atoms with van der Waals surface area (Å²) >= 11 is 9.15. The molecule has 10 heavy (non-hydrogen) atoms. The largest absolute Gasteiger partial charge is 0.107 e. The van der Waals surface area contributed by atoms with Crippen LogP contribution in [0.5, 0.6) is 0 Å². The standard InChI is InChI=1S/C7H7BBrCl/c8-4-5-1-2-7(10)6(9)3-5/h1-3H,4,8H2. The average molecular weight is 217 g/mol. The number of hydrogen-bond acceptors (Lipinski definition) is 0. The van der Waals surface area contributed by atoms with Gasteiger partial charge in [0.1, 0.15) is 7.85 Å². The Kier molecular flexibility index (Phi) is 2.81. The Hall–Kier alpha value is 0.0549. The molecule has 0 saturated carbocycles. The molecule has 0 N–H and O–H groups in total. The summed E-state index contributed by atoms with van der Waals surface area (Å²) in [5.74, 6) is 0. The van der Waals surface area contributed by atoms with Crippen LogP contribution in [-0.2, 0) is 6.32 Å². The summed E-state index contributed by atoms with van der Waals surface area (Å²) in [5.41, 5.74) is 1.30. The van der Waals surface area contributed by atoms with Gasteiger partial charge in [-0.25, -0.2) is 0 Å². The van der Waals surface area contributed by atoms with Crippen molar-refractivity contribution < 1.29 is 0 Å². The molecule has 0 aliphatic heterocycles. The first-order valence-corrected chi connectivity index (χ1v) is 4.35. The van der Waals surface area contributed by atoms with Crippen molar-refractivity contribution in [2.75, 3.05) is 0 Å². The van der Waals surface area contributed by atoms with Crippen molar-refractivity contribution in [1.82, 2.24) is 0 Å². The van der Waals surface area contributed by atoms with E-state index in [2.05, 4.69) is 23.8 Å². The Morgan fingerprint density at radius 2 is 2.20 bits per heavy atom. The summed E-state index contributed by atoms with van der Waals surface area (Å²) in [6, 6.07) is 5.99. The third-order valence-electron chi connectivity index (χ3n) is 1.39. The van der Waals surface area contributed by atoms with E-state index in [1.165, 1.54) is 5.56 Å². The minimum atomic E-state index is 0.775. The molecular weight excluding hydrogens is 210 g/mol. The SMILES string of the molecule is BCc1ccc(Cl)c(Br)c1. The Bertz CT molecular complexity index is 237. The molecule has 0 spiro atoms. The molecule has 0 atom stereocenters. The molecule has 0 bridgehead atoms. The van der Waals surface area contributed by atoms with Crippen molar-refractivity contribution in [2.24, 2.45) is 0 Å². The first-order valence-electron chi connectivity index (χ1n) is 3.18. The molecule has 0 nitrogen and oxygen atoms in total. The van der Waals surface area contributed by atoms with Gasteiger partial charge < -0.3 is 0 Å². The highest BCUT2D eigenvalue weighted by Crippen LogP contribution is 2.22. The molecule has 0 saturated heterocycles. The van der Waals surface area contributed by atoms with E-state index in [-0.39, 0.29) is 0 Å². The molecule has 1 aromatic carbocycles. The van der Waals surface area contributed by atoms with Gasteiger partial charge in [-0.2, -0.15) is 0 Å². The van der Waals surface area contributed by atoms with Crippen LogP contribution < -0.4 is 0 Å². The van der Waals surface area contributed by atoms with Crippen LogP contribution in [0.4, 0.5) is 0 Å². The fraction of sp³-hybridized carbons (Fsp3) is 0.143. The van der Waals surface area contributed by atoms with Gasteiger partial charge in [0.05, 0.1) is 5.02 Å². The van der Waals surface area contributed by atoms with Crippen LogP contribution >= 0.6 is 27.5 Å². The van der Waals surface area contributed by atoms with Crippen LogP contribution in [-0.4, -0.2) is 7.85 Å². The van der Waals surface area contributed by atoms with Gasteiger partial charge in [-0.3, -0.25) is 0 Å². The van der Waals surface area contributed by atoms with Gasteiger partial charge >= 0.3 is 0 Å². The summed E-state index contributed by atoms with van der Waals surface area (Å²) in [6.07, 6.45) is 1.05. The molecule has 52 valence electrons. The highest BCUT2D eigenvalue weighted by Gasteiger charge is 1.95. The lowest BCUT2D eigenvalue weighted by Crippen LogP contribution is -1.82. The third kappa shape index (κ3) is 1.77. The van der Waals surface area contributed by atoms with E-state index in [4.69, 9.17) is 11.6 Å². The Morgan fingerprint density at radius 1 is 1.50 bits per heavy atom. The van der Waals surface area contributed by atoms with E-state index < -0.39 is 0 Å². The molecule has 1 rings (SSSR count). The summed E-state index contributed by atoms with van der Waals surface area (Å²) in [4.78, 5) is 0. The van der Waals surface area contributed by atoms with E-state index in [1.807, 2.05) is 18.2 Å². The molecule has 0 aliphatic carbocycles. The molecule has 0 aromatic heterocycles. The van der Waals surface area contributed by atoms with Gasteiger partial charge in [0, 0.05) is 4.47 Å². The van der Waals surface area contributed by atoms with Crippen molar-refractivity contribution in [2.45, 2.75) is 6.32 Å². The summed E-state index contributed by atoms with van der Waals surface area (Å²) in [7, 11) is 2.12. The summed E-state index contributed by atoms with van der Waals surface area (Å²) in [5, 5.41) is 0.775. The second kappa shape index (κ2) is 3.45. The number of halogens is 2. The predicted octanol–water partition coefficient (Wildman–Crippen LogP) is 2.24. The minimum Gasteiger partial charge on any atom is -0.0831 e. The van der Waals surface area contributed by atoms with Gasteiger partial charge in [0.25, 0.3) is 0 Å². The van der Waals surface area contributed by atoms with Crippen LogP contribution in [0, 0.1) is 0 Å². The van der Waals surface area contributed by atoms with Crippen molar-refractivity contribution in [3.05, 3.63) is 33.3 Å². The van der Waals surface area contributed by atoms with E-state index >= 15 is 0 Å². The van der Waals surface area contributed by atoms with Gasteiger partial charge in [-0.15, -0.1) is 0 Å². The summed E-state index contributed by atoms with van der Waals surface area (Å²) in [6.45, 7) is 0. The molecule has 0 fully saturated rings. The fourth-order valence-electron chi connectivity index (χ4n) is 0.760. The molecule has 0 radical (unpaired) electrons. The number of rotatable bonds is 1. The van der Waals surface area contributed by atoms with Gasteiger partial charge in [-0.1, -0.05) is 29.6 Å². The lowest BCUT2D eigenvalue weighted by atomic mass is 9.97. The van der Waals surface area contributed by atoms with Crippen molar-refractivity contribution >= 4 is 35.4 Å². The quantitative estimate of drug-likeness (QED) is 0.633. The van der Waals surface area contributed by atoms with Crippen LogP contribution in [0.25, 0.3) is 0 Å². The highest BCUT2D eigenvalue weighted by molar-refractivity contribution is 9.10. The Labute approximate surface area is 75.1 Å². The zero-order chi connectivity index (χ0) is 7.56. The lowest BCUT2D eigenvalue weighted by molar-refractivity contribution is 1.39. The Balaban J connectivity index is 3.04. The topological polar surface area (TPSA) is 0 Å². The second-order valence-corrected chi connectivity index (χ2v) is 3.36. The maximum Gasteiger partial charge on any atom is 0.107 e. The van der Waals surface area contributed by atoms with E-state index in [1.54, 1.807) is 0 Å². The van der Waals surface area contributed by atoms with Crippen molar-refractivity contribution in [1.29, 1.82) is 0 Å². The Morgan fingerprint density at radius 3 is 2.70 bits per heavy atom. The molecule has 1 aromatic rings. The van der Waals surface area contributed by atoms with Crippen LogP contribution in [0.2, 0.25) is 5.02 Å². The molecule has 3 heteroatoms. The fourth-order valence-corrected chi connectivity index (χ4v) is 1.30. The molecule has 0 amide bonds. The zero-order valence-corrected chi connectivity index (χ0v) is 8.04. The second-order valence-electron chi connectivity index (χ2n) is 2.10. The van der Waals surface area contributed by atoms with Gasteiger partial charge in [-0.05, 0) is 28.1 Å². The average Bonchev–Trinajstić information content (AvgIpc) is 1.95. The maximum absolute atomic E-state index is 5.79. The molecule has 0 heterocycles. The third-order valence-corrected chi connectivity index (χ3v) is 2.61. The van der Waals surface area contributed by atoms with E-state index in [9.17, 15) is 0 Å². The number of benzene rings is 1. The van der Waals surface area contributed by atoms with Crippen LogP contribution in [0.3, 0.4) is 0 Å². The van der Waals surface area contributed by atoms with Crippen molar-refractivity contribution in [3.8, 4) is 0 Å². The molecule has 0 aliphatic rings.